The summed E-state index contributed by atoms with van der Waals surface area (Å²) in [5.41, 5.74) is 8.66. The molecule has 0 aliphatic heterocycles. The quantitative estimate of drug-likeness (QED) is 0.873. The van der Waals surface area contributed by atoms with E-state index in [4.69, 9.17) is 5.73 Å². The number of benzene rings is 1. The lowest BCUT2D eigenvalue weighted by atomic mass is 9.80. The van der Waals surface area contributed by atoms with E-state index in [2.05, 4.69) is 19.1 Å². The molecule has 2 N–H and O–H groups in total. The van der Waals surface area contributed by atoms with Crippen LogP contribution in [0, 0.1) is 12.8 Å². The Morgan fingerprint density at radius 2 is 1.89 bits per heavy atom. The van der Waals surface area contributed by atoms with Gasteiger partial charge in [0.25, 0.3) is 0 Å². The Hall–Kier alpha value is -0.960. The van der Waals surface area contributed by atoms with Crippen LogP contribution in [0.15, 0.2) is 24.3 Å². The SMILES string of the molecule is Cc1ccccc1CC(N)C1CCC(F)(F)CC1. The third-order valence-electron chi connectivity index (χ3n) is 4.08. The van der Waals surface area contributed by atoms with Gasteiger partial charge in [0.2, 0.25) is 5.92 Å². The fourth-order valence-corrected chi connectivity index (χ4v) is 2.75. The zero-order valence-corrected chi connectivity index (χ0v) is 10.8. The van der Waals surface area contributed by atoms with Crippen molar-refractivity contribution >= 4 is 0 Å². The number of rotatable bonds is 3. The van der Waals surface area contributed by atoms with E-state index in [1.165, 1.54) is 11.1 Å². The molecule has 0 heterocycles. The summed E-state index contributed by atoms with van der Waals surface area (Å²) in [5.74, 6) is -2.22. The van der Waals surface area contributed by atoms with Gasteiger partial charge in [0.15, 0.2) is 0 Å². The molecule has 0 amide bonds. The van der Waals surface area contributed by atoms with Crippen LogP contribution in [-0.4, -0.2) is 12.0 Å². The number of hydrogen-bond acceptors (Lipinski definition) is 1. The highest BCUT2D eigenvalue weighted by Gasteiger charge is 2.36. The summed E-state index contributed by atoms with van der Waals surface area (Å²) >= 11 is 0. The first kappa shape index (κ1) is 13.5. The highest BCUT2D eigenvalue weighted by atomic mass is 19.3. The molecular formula is C15H21F2N. The van der Waals surface area contributed by atoms with Crippen LogP contribution in [0.4, 0.5) is 8.78 Å². The average molecular weight is 253 g/mol. The van der Waals surface area contributed by atoms with E-state index in [1.807, 2.05) is 12.1 Å². The van der Waals surface area contributed by atoms with Crippen LogP contribution >= 0.6 is 0 Å². The molecule has 1 unspecified atom stereocenters. The first-order valence-electron chi connectivity index (χ1n) is 6.66. The van der Waals surface area contributed by atoms with Crippen LogP contribution in [0.25, 0.3) is 0 Å². The zero-order chi connectivity index (χ0) is 13.2. The molecular weight excluding hydrogens is 232 g/mol. The van der Waals surface area contributed by atoms with Crippen LogP contribution in [-0.2, 0) is 6.42 Å². The van der Waals surface area contributed by atoms with Gasteiger partial charge in [-0.2, -0.15) is 0 Å². The second-order valence-electron chi connectivity index (χ2n) is 5.49. The molecule has 18 heavy (non-hydrogen) atoms. The fraction of sp³-hybridized carbons (Fsp3) is 0.600. The normalized spacial score (nSPS) is 21.8. The van der Waals surface area contributed by atoms with Gasteiger partial charge in [0, 0.05) is 18.9 Å². The zero-order valence-electron chi connectivity index (χ0n) is 10.8. The Morgan fingerprint density at radius 3 is 2.50 bits per heavy atom. The first-order chi connectivity index (χ1) is 8.48. The van der Waals surface area contributed by atoms with Gasteiger partial charge in [-0.1, -0.05) is 24.3 Å². The summed E-state index contributed by atoms with van der Waals surface area (Å²) in [6.45, 7) is 2.07. The minimum absolute atomic E-state index is 0.000855. The van der Waals surface area contributed by atoms with E-state index in [9.17, 15) is 8.78 Å². The highest BCUT2D eigenvalue weighted by Crippen LogP contribution is 2.37. The molecule has 1 nitrogen and oxygen atoms in total. The van der Waals surface area contributed by atoms with Crippen LogP contribution < -0.4 is 5.73 Å². The van der Waals surface area contributed by atoms with Crippen molar-refractivity contribution in [1.82, 2.24) is 0 Å². The molecule has 0 spiro atoms. The summed E-state index contributed by atoms with van der Waals surface area (Å²) < 4.78 is 26.2. The Morgan fingerprint density at radius 1 is 1.28 bits per heavy atom. The van der Waals surface area contributed by atoms with Crippen molar-refractivity contribution in [1.29, 1.82) is 0 Å². The molecule has 1 aliphatic carbocycles. The number of alkyl halides is 2. The summed E-state index contributed by atoms with van der Waals surface area (Å²) in [6.07, 6.45) is 1.90. The van der Waals surface area contributed by atoms with Crippen molar-refractivity contribution in [2.24, 2.45) is 11.7 Å². The lowest BCUT2D eigenvalue weighted by Gasteiger charge is -2.32. The predicted octanol–water partition coefficient (Wildman–Crippen LogP) is 3.69. The molecule has 1 atom stereocenters. The van der Waals surface area contributed by atoms with Crippen LogP contribution in [0.3, 0.4) is 0 Å². The minimum Gasteiger partial charge on any atom is -0.327 e. The maximum atomic E-state index is 13.1. The lowest BCUT2D eigenvalue weighted by molar-refractivity contribution is -0.0481. The Kier molecular flexibility index (Phi) is 4.00. The standard InChI is InChI=1S/C15H21F2N/c1-11-4-2-3-5-13(11)10-14(18)12-6-8-15(16,17)9-7-12/h2-5,12,14H,6-10,18H2,1H3. The van der Waals surface area contributed by atoms with Gasteiger partial charge >= 0.3 is 0 Å². The van der Waals surface area contributed by atoms with Crippen LogP contribution in [0.1, 0.15) is 36.8 Å². The molecule has 0 saturated heterocycles. The second kappa shape index (κ2) is 5.35. The minimum atomic E-state index is -2.46. The Balaban J connectivity index is 1.93. The van der Waals surface area contributed by atoms with Crippen molar-refractivity contribution in [3.05, 3.63) is 35.4 Å². The maximum Gasteiger partial charge on any atom is 0.248 e. The molecule has 1 saturated carbocycles. The monoisotopic (exact) mass is 253 g/mol. The van der Waals surface area contributed by atoms with Gasteiger partial charge < -0.3 is 5.73 Å². The second-order valence-corrected chi connectivity index (χ2v) is 5.49. The maximum absolute atomic E-state index is 13.1. The molecule has 2 rings (SSSR count). The van der Waals surface area contributed by atoms with Gasteiger partial charge in [-0.05, 0) is 43.2 Å². The van der Waals surface area contributed by atoms with Gasteiger partial charge in [-0.15, -0.1) is 0 Å². The highest BCUT2D eigenvalue weighted by molar-refractivity contribution is 5.26. The van der Waals surface area contributed by atoms with E-state index in [1.54, 1.807) is 0 Å². The number of halogens is 2. The molecule has 100 valence electrons. The third-order valence-corrected chi connectivity index (χ3v) is 4.08. The van der Waals surface area contributed by atoms with E-state index in [0.29, 0.717) is 12.8 Å². The summed E-state index contributed by atoms with van der Waals surface area (Å²) in [7, 11) is 0. The lowest BCUT2D eigenvalue weighted by Crippen LogP contribution is -2.37. The van der Waals surface area contributed by atoms with Gasteiger partial charge in [-0.25, -0.2) is 8.78 Å². The van der Waals surface area contributed by atoms with Crippen LogP contribution in [0.2, 0.25) is 0 Å². The summed E-state index contributed by atoms with van der Waals surface area (Å²) in [4.78, 5) is 0. The molecule has 1 aromatic rings. The third kappa shape index (κ3) is 3.29. The molecule has 1 aliphatic rings. The van der Waals surface area contributed by atoms with Crippen molar-refractivity contribution in [3.63, 3.8) is 0 Å². The van der Waals surface area contributed by atoms with Gasteiger partial charge in [0.1, 0.15) is 0 Å². The van der Waals surface area contributed by atoms with Gasteiger partial charge in [-0.3, -0.25) is 0 Å². The summed E-state index contributed by atoms with van der Waals surface area (Å²) in [5, 5.41) is 0. The Labute approximate surface area is 107 Å². The molecule has 0 aromatic heterocycles. The Bertz CT molecular complexity index is 393. The topological polar surface area (TPSA) is 26.0 Å². The van der Waals surface area contributed by atoms with Crippen molar-refractivity contribution in [2.45, 2.75) is 51.0 Å². The predicted molar refractivity (Wildman–Crippen MR) is 69.8 cm³/mol. The number of aryl methyl sites for hydroxylation is 1. The molecule has 1 aromatic carbocycles. The molecule has 0 bridgehead atoms. The smallest absolute Gasteiger partial charge is 0.248 e. The van der Waals surface area contributed by atoms with Crippen LogP contribution in [0.5, 0.6) is 0 Å². The van der Waals surface area contributed by atoms with E-state index >= 15 is 0 Å². The van der Waals surface area contributed by atoms with Crippen molar-refractivity contribution in [2.75, 3.05) is 0 Å². The number of nitrogens with two attached hydrogens (primary N) is 1. The molecule has 1 fully saturated rings. The van der Waals surface area contributed by atoms with E-state index < -0.39 is 5.92 Å². The first-order valence-corrected chi connectivity index (χ1v) is 6.66. The molecule has 3 heteroatoms. The number of hydrogen-bond donors (Lipinski definition) is 1. The molecule has 0 radical (unpaired) electrons. The van der Waals surface area contributed by atoms with Crippen molar-refractivity contribution in [3.8, 4) is 0 Å². The van der Waals surface area contributed by atoms with Crippen molar-refractivity contribution < 1.29 is 8.78 Å². The van der Waals surface area contributed by atoms with Gasteiger partial charge in [0.05, 0.1) is 0 Å². The van der Waals surface area contributed by atoms with E-state index in [0.717, 1.165) is 6.42 Å². The van der Waals surface area contributed by atoms with E-state index in [-0.39, 0.29) is 24.8 Å². The summed E-state index contributed by atoms with van der Waals surface area (Å²) in [6, 6.07) is 8.15. The fourth-order valence-electron chi connectivity index (χ4n) is 2.75. The largest absolute Gasteiger partial charge is 0.327 e. The average Bonchev–Trinajstić information content (AvgIpc) is 2.32.